The average Bonchev–Trinajstić information content (AvgIpc) is 2.39. The molecule has 21 heavy (non-hydrogen) atoms. The Labute approximate surface area is 130 Å². The summed E-state index contributed by atoms with van der Waals surface area (Å²) < 4.78 is 38.7. The van der Waals surface area contributed by atoms with E-state index in [1.807, 2.05) is 0 Å². The molecule has 0 unspecified atom stereocenters. The number of hydrogen-bond acceptors (Lipinski definition) is 2. The lowest BCUT2D eigenvalue weighted by atomic mass is 10.1. The van der Waals surface area contributed by atoms with E-state index in [9.17, 15) is 18.0 Å². The van der Waals surface area contributed by atoms with Crippen molar-refractivity contribution in [1.82, 2.24) is 4.90 Å². The van der Waals surface area contributed by atoms with Crippen LogP contribution in [0.1, 0.15) is 37.0 Å². The van der Waals surface area contributed by atoms with Gasteiger partial charge in [0.25, 0.3) is 5.91 Å². The molecule has 1 rings (SSSR count). The van der Waals surface area contributed by atoms with Gasteiger partial charge in [-0.15, -0.1) is 0 Å². The summed E-state index contributed by atoms with van der Waals surface area (Å²) in [4.78, 5) is 13.4. The number of nitrogens with two attached hydrogens (primary N) is 1. The van der Waals surface area contributed by atoms with Gasteiger partial charge in [0.2, 0.25) is 0 Å². The number of alkyl halides is 3. The largest absolute Gasteiger partial charge is 0.406 e. The van der Waals surface area contributed by atoms with Gasteiger partial charge in [-0.3, -0.25) is 4.79 Å². The maximum atomic E-state index is 12.8. The van der Waals surface area contributed by atoms with Crippen molar-refractivity contribution in [3.05, 3.63) is 28.2 Å². The molecule has 0 spiro atoms. The highest BCUT2D eigenvalue weighted by Crippen LogP contribution is 2.26. The van der Waals surface area contributed by atoms with Gasteiger partial charge in [-0.25, -0.2) is 0 Å². The third kappa shape index (κ3) is 4.91. The number of nitrogen functional groups attached to an aromatic ring is 1. The minimum atomic E-state index is -4.44. The Kier molecular flexibility index (Phi) is 6.07. The molecule has 0 fully saturated rings. The van der Waals surface area contributed by atoms with Crippen LogP contribution < -0.4 is 5.73 Å². The van der Waals surface area contributed by atoms with E-state index in [0.29, 0.717) is 23.0 Å². The minimum Gasteiger partial charge on any atom is -0.399 e. The quantitative estimate of drug-likeness (QED) is 0.792. The standard InChI is InChI=1S/C14H18BrF3N2O/c1-3-10(4-2)20(8-14(16,17)18)13(21)11-7-9(19)5-6-12(11)15/h5-7,10H,3-4,8,19H2,1-2H3. The molecule has 0 bridgehead atoms. The Morgan fingerprint density at radius 2 is 1.90 bits per heavy atom. The Hall–Kier alpha value is -1.24. The van der Waals surface area contributed by atoms with Crippen LogP contribution in [0.15, 0.2) is 22.7 Å². The van der Waals surface area contributed by atoms with Gasteiger partial charge in [-0.05, 0) is 47.0 Å². The zero-order valence-corrected chi connectivity index (χ0v) is 13.5. The SMILES string of the molecule is CCC(CC)N(CC(F)(F)F)C(=O)c1cc(N)ccc1Br. The van der Waals surface area contributed by atoms with E-state index < -0.39 is 24.7 Å². The maximum absolute atomic E-state index is 12.8. The molecule has 0 aliphatic carbocycles. The first-order valence-electron chi connectivity index (χ1n) is 6.62. The lowest BCUT2D eigenvalue weighted by Gasteiger charge is -2.31. The van der Waals surface area contributed by atoms with E-state index in [4.69, 9.17) is 5.73 Å². The minimum absolute atomic E-state index is 0.145. The summed E-state index contributed by atoms with van der Waals surface area (Å²) in [6.45, 7) is 2.26. The molecule has 0 saturated heterocycles. The number of hydrogen-bond donors (Lipinski definition) is 1. The van der Waals surface area contributed by atoms with Crippen LogP contribution in [0, 0.1) is 0 Å². The molecular formula is C14H18BrF3N2O. The van der Waals surface area contributed by atoms with Crippen LogP contribution in [-0.4, -0.2) is 29.6 Å². The van der Waals surface area contributed by atoms with Crippen LogP contribution >= 0.6 is 15.9 Å². The van der Waals surface area contributed by atoms with Crippen molar-refractivity contribution < 1.29 is 18.0 Å². The van der Waals surface area contributed by atoms with E-state index in [1.54, 1.807) is 26.0 Å². The number of carbonyl (C=O) groups is 1. The highest BCUT2D eigenvalue weighted by Gasteiger charge is 2.36. The monoisotopic (exact) mass is 366 g/mol. The predicted octanol–water partition coefficient (Wildman–Crippen LogP) is 4.22. The predicted molar refractivity (Wildman–Crippen MR) is 80.0 cm³/mol. The van der Waals surface area contributed by atoms with Crippen molar-refractivity contribution in [2.45, 2.75) is 38.9 Å². The van der Waals surface area contributed by atoms with E-state index in [1.165, 1.54) is 6.07 Å². The van der Waals surface area contributed by atoms with Crippen LogP contribution in [-0.2, 0) is 0 Å². The maximum Gasteiger partial charge on any atom is 0.406 e. The smallest absolute Gasteiger partial charge is 0.399 e. The summed E-state index contributed by atoms with van der Waals surface area (Å²) in [5.41, 5.74) is 6.10. The summed E-state index contributed by atoms with van der Waals surface area (Å²) >= 11 is 3.19. The van der Waals surface area contributed by atoms with E-state index in [0.717, 1.165) is 4.90 Å². The first-order chi connectivity index (χ1) is 9.69. The molecule has 3 nitrogen and oxygen atoms in total. The second kappa shape index (κ2) is 7.15. The molecular weight excluding hydrogens is 349 g/mol. The second-order valence-corrected chi connectivity index (χ2v) is 5.61. The zero-order valence-electron chi connectivity index (χ0n) is 11.9. The van der Waals surface area contributed by atoms with Gasteiger partial charge in [0.05, 0.1) is 5.56 Å². The highest BCUT2D eigenvalue weighted by atomic mass is 79.9. The summed E-state index contributed by atoms with van der Waals surface area (Å²) in [6.07, 6.45) is -3.53. The number of halogens is 4. The third-order valence-corrected chi connectivity index (χ3v) is 3.91. The first-order valence-corrected chi connectivity index (χ1v) is 7.41. The summed E-state index contributed by atoms with van der Waals surface area (Å²) in [7, 11) is 0. The Bertz CT molecular complexity index is 501. The Morgan fingerprint density at radius 3 is 2.38 bits per heavy atom. The van der Waals surface area contributed by atoms with Crippen LogP contribution in [0.4, 0.5) is 18.9 Å². The second-order valence-electron chi connectivity index (χ2n) is 4.76. The van der Waals surface area contributed by atoms with Crippen LogP contribution in [0.2, 0.25) is 0 Å². The van der Waals surface area contributed by atoms with Crippen LogP contribution in [0.5, 0.6) is 0 Å². The van der Waals surface area contributed by atoms with Gasteiger partial charge in [0.1, 0.15) is 6.54 Å². The van der Waals surface area contributed by atoms with Crippen molar-refractivity contribution in [3.8, 4) is 0 Å². The molecule has 0 saturated carbocycles. The highest BCUT2D eigenvalue weighted by molar-refractivity contribution is 9.10. The molecule has 1 aromatic rings. The van der Waals surface area contributed by atoms with Gasteiger partial charge in [0.15, 0.2) is 0 Å². The molecule has 0 atom stereocenters. The molecule has 7 heteroatoms. The zero-order chi connectivity index (χ0) is 16.2. The first kappa shape index (κ1) is 17.8. The molecule has 2 N–H and O–H groups in total. The van der Waals surface area contributed by atoms with Crippen molar-refractivity contribution >= 4 is 27.5 Å². The lowest BCUT2D eigenvalue weighted by Crippen LogP contribution is -2.45. The summed E-state index contributed by atoms with van der Waals surface area (Å²) in [5, 5.41) is 0. The van der Waals surface area contributed by atoms with E-state index in [2.05, 4.69) is 15.9 Å². The molecule has 0 aliphatic rings. The van der Waals surface area contributed by atoms with Crippen molar-refractivity contribution in [2.24, 2.45) is 0 Å². The summed E-state index contributed by atoms with van der Waals surface area (Å²) in [6, 6.07) is 4.05. The molecule has 118 valence electrons. The number of benzene rings is 1. The van der Waals surface area contributed by atoms with Gasteiger partial charge in [-0.1, -0.05) is 13.8 Å². The average molecular weight is 367 g/mol. The van der Waals surface area contributed by atoms with Gasteiger partial charge in [-0.2, -0.15) is 13.2 Å². The molecule has 1 aromatic carbocycles. The number of amides is 1. The van der Waals surface area contributed by atoms with Crippen molar-refractivity contribution in [1.29, 1.82) is 0 Å². The number of carbonyl (C=O) groups excluding carboxylic acids is 1. The molecule has 0 radical (unpaired) electrons. The Morgan fingerprint density at radius 1 is 1.33 bits per heavy atom. The molecule has 0 aromatic heterocycles. The molecule has 0 aliphatic heterocycles. The fourth-order valence-corrected chi connectivity index (χ4v) is 2.57. The normalized spacial score (nSPS) is 11.8. The fourth-order valence-electron chi connectivity index (χ4n) is 2.15. The molecule has 0 heterocycles. The molecule has 1 amide bonds. The Balaban J connectivity index is 3.18. The van der Waals surface area contributed by atoms with E-state index in [-0.39, 0.29) is 5.56 Å². The van der Waals surface area contributed by atoms with Gasteiger partial charge < -0.3 is 10.6 Å². The van der Waals surface area contributed by atoms with E-state index >= 15 is 0 Å². The lowest BCUT2D eigenvalue weighted by molar-refractivity contribution is -0.144. The van der Waals surface area contributed by atoms with Crippen molar-refractivity contribution in [2.75, 3.05) is 12.3 Å². The number of nitrogens with zero attached hydrogens (tertiary/aromatic N) is 1. The summed E-state index contributed by atoms with van der Waals surface area (Å²) in [5.74, 6) is -0.666. The third-order valence-electron chi connectivity index (χ3n) is 3.21. The number of rotatable bonds is 5. The number of anilines is 1. The van der Waals surface area contributed by atoms with Crippen LogP contribution in [0.25, 0.3) is 0 Å². The van der Waals surface area contributed by atoms with Gasteiger partial charge >= 0.3 is 6.18 Å². The van der Waals surface area contributed by atoms with Crippen LogP contribution in [0.3, 0.4) is 0 Å². The van der Waals surface area contributed by atoms with Gasteiger partial charge in [0, 0.05) is 16.2 Å². The van der Waals surface area contributed by atoms with Crippen molar-refractivity contribution in [3.63, 3.8) is 0 Å². The fraction of sp³-hybridized carbons (Fsp3) is 0.500. The topological polar surface area (TPSA) is 46.3 Å².